The molecule has 0 fully saturated rings. The van der Waals surface area contributed by atoms with Crippen LogP contribution in [-0.2, 0) is 42.1 Å². The van der Waals surface area contributed by atoms with E-state index in [2.05, 4.69) is 203 Å². The van der Waals surface area contributed by atoms with Crippen LogP contribution < -0.4 is 19.6 Å². The van der Waals surface area contributed by atoms with Crippen molar-refractivity contribution in [2.24, 2.45) is 9.98 Å². The van der Waals surface area contributed by atoms with E-state index in [1.807, 2.05) is 146 Å². The van der Waals surface area contributed by atoms with E-state index in [0.717, 1.165) is 57.1 Å². The van der Waals surface area contributed by atoms with Crippen LogP contribution in [0.1, 0.15) is 61.1 Å². The topological polar surface area (TPSA) is 117 Å². The van der Waals surface area contributed by atoms with Gasteiger partial charge in [0, 0.05) is 42.1 Å². The van der Waals surface area contributed by atoms with Gasteiger partial charge in [-0.3, -0.25) is 0 Å². The summed E-state index contributed by atoms with van der Waals surface area (Å²) >= 11 is 0. The Hall–Kier alpha value is -8.56. The summed E-state index contributed by atoms with van der Waals surface area (Å²) in [5.74, 6) is 1.79. The smallest absolute Gasteiger partial charge is 0.128 e. The molecule has 0 saturated heterocycles. The monoisotopic (exact) mass is 1490 g/mol. The number of rotatable bonds is 12. The Labute approximate surface area is 537 Å². The van der Waals surface area contributed by atoms with E-state index >= 15 is 0 Å². The molecule has 0 saturated carbocycles. The van der Waals surface area contributed by atoms with Crippen molar-refractivity contribution < 1.29 is 42.1 Å². The third kappa shape index (κ3) is 16.9. The van der Waals surface area contributed by atoms with Crippen LogP contribution in [0.3, 0.4) is 0 Å². The van der Waals surface area contributed by atoms with Crippen molar-refractivity contribution in [1.82, 2.24) is 19.9 Å². The summed E-state index contributed by atoms with van der Waals surface area (Å²) in [7, 11) is 0. The van der Waals surface area contributed by atoms with E-state index in [9.17, 15) is 0 Å². The standard InChI is InChI=1S/2C23H24N4.2C13H11N2.2Pt/c2*1-15(2)26-14-27(23-21(26)12-24-13-25-23)20-8-6-7-19(11-20)22-17(4)9-16(3)10-18(22)5;2*1-3-7-12(8-4-1)14-11-15-13-9-5-2-6-10-13;;/h2*6-7,9-15H,1-5H3;2*1-11H;;/q2*-2;2*-1;;. The minimum absolute atomic E-state index is 0. The normalized spacial score (nSPS) is 12.0. The van der Waals surface area contributed by atoms with Gasteiger partial charge in [-0.05, 0) is 137 Å². The van der Waals surface area contributed by atoms with Crippen molar-refractivity contribution in [3.05, 3.63) is 277 Å². The van der Waals surface area contributed by atoms with Crippen LogP contribution in [0, 0.1) is 67.0 Å². The van der Waals surface area contributed by atoms with Gasteiger partial charge in [-0.1, -0.05) is 169 Å². The van der Waals surface area contributed by atoms with Crippen molar-refractivity contribution >= 4 is 69.8 Å². The van der Waals surface area contributed by atoms with Gasteiger partial charge in [-0.15, -0.1) is 48.0 Å². The predicted molar refractivity (Wildman–Crippen MR) is 350 cm³/mol. The number of fused-ring (bicyclic) bond motifs is 2. The Balaban J connectivity index is 0.000000169. The molecule has 0 N–H and O–H groups in total. The fourth-order valence-corrected chi connectivity index (χ4v) is 10.2. The Kier molecular flexibility index (Phi) is 23.8. The minimum atomic E-state index is 0. The van der Waals surface area contributed by atoms with E-state index in [4.69, 9.17) is 0 Å². The second kappa shape index (κ2) is 31.5. The zero-order valence-corrected chi connectivity index (χ0v) is 54.6. The van der Waals surface area contributed by atoms with E-state index in [1.165, 1.54) is 55.6 Å². The van der Waals surface area contributed by atoms with Gasteiger partial charge in [0.25, 0.3) is 0 Å². The number of nitrogens with zero attached hydrogens (tertiary/aromatic N) is 12. The maximum Gasteiger partial charge on any atom is 0.128 e. The number of para-hydroxylation sites is 4. The molecule has 0 amide bonds. The van der Waals surface area contributed by atoms with Gasteiger partial charge in [0.05, 0.1) is 23.8 Å². The maximum atomic E-state index is 4.52. The van der Waals surface area contributed by atoms with E-state index < -0.39 is 0 Å². The van der Waals surface area contributed by atoms with Crippen LogP contribution >= 0.6 is 0 Å². The van der Waals surface area contributed by atoms with E-state index in [1.54, 1.807) is 25.3 Å². The molecule has 2 aliphatic rings. The first kappa shape index (κ1) is 65.0. The van der Waals surface area contributed by atoms with Gasteiger partial charge in [-0.25, -0.2) is 19.9 Å². The van der Waals surface area contributed by atoms with Crippen molar-refractivity contribution in [3.8, 4) is 22.3 Å². The van der Waals surface area contributed by atoms with Crippen molar-refractivity contribution in [2.75, 3.05) is 19.6 Å². The molecule has 0 atom stereocenters. The molecular weight excluding hydrogens is 1420 g/mol. The molecule has 86 heavy (non-hydrogen) atoms. The number of aliphatic imine (C=N–C) groups is 2. The summed E-state index contributed by atoms with van der Waals surface area (Å²) in [6.45, 7) is 25.8. The van der Waals surface area contributed by atoms with Crippen molar-refractivity contribution in [3.63, 3.8) is 0 Å². The third-order valence-corrected chi connectivity index (χ3v) is 13.8. The summed E-state index contributed by atoms with van der Waals surface area (Å²) in [5, 5.41) is 8.42. The summed E-state index contributed by atoms with van der Waals surface area (Å²) in [5.41, 5.74) is 20.4. The van der Waals surface area contributed by atoms with Crippen LogP contribution in [0.15, 0.2) is 217 Å². The summed E-state index contributed by atoms with van der Waals surface area (Å²) in [6, 6.07) is 68.0. The van der Waals surface area contributed by atoms with Gasteiger partial charge in [0.2, 0.25) is 0 Å². The maximum absolute atomic E-state index is 4.52. The van der Waals surface area contributed by atoms with E-state index in [0.29, 0.717) is 12.1 Å². The largest absolute Gasteiger partial charge is 0.497 e. The fraction of sp³-hybridized carbons (Fsp3) is 0.167. The molecule has 2 aliphatic heterocycles. The van der Waals surface area contributed by atoms with Crippen LogP contribution in [0.5, 0.6) is 0 Å². The van der Waals surface area contributed by atoms with Crippen LogP contribution in [0.2, 0.25) is 0 Å². The number of aromatic nitrogens is 4. The Morgan fingerprint density at radius 2 is 0.791 bits per heavy atom. The molecule has 12 nitrogen and oxygen atoms in total. The van der Waals surface area contributed by atoms with E-state index in [-0.39, 0.29) is 42.1 Å². The number of benzene rings is 8. The van der Waals surface area contributed by atoms with Crippen LogP contribution in [-0.4, -0.2) is 44.7 Å². The molecular formula is C72H70N12Pt2-6. The molecule has 0 spiro atoms. The molecule has 8 aromatic carbocycles. The summed E-state index contributed by atoms with van der Waals surface area (Å²) in [4.78, 5) is 34.4. The SMILES string of the molecule is C(=Nc1ccccc1)[N-]c1ccccc1.C(=Nc1ccccc1)[N-]c1ccccc1.Cc1cc(C)c(-c2cc[c-]c(N3[CH-]N(C(C)C)c4cncnc43)c2)c(C)c1.Cc1cc(C)c(-c2cc[c-]c(N3[CH-]N(C(C)C)c4cncnc43)c2)c(C)c1.[Pt].[Pt]. The Morgan fingerprint density at radius 1 is 0.453 bits per heavy atom. The first-order valence-electron chi connectivity index (χ1n) is 28.1. The molecule has 4 heterocycles. The summed E-state index contributed by atoms with van der Waals surface area (Å²) in [6.07, 6.45) is 10.1. The quantitative estimate of drug-likeness (QED) is 0.0674. The Bertz CT molecular complexity index is 3510. The Morgan fingerprint density at radius 3 is 1.13 bits per heavy atom. The zero-order chi connectivity index (χ0) is 59.0. The predicted octanol–water partition coefficient (Wildman–Crippen LogP) is 18.8. The first-order valence-corrected chi connectivity index (χ1v) is 28.1. The average molecular weight is 1490 g/mol. The number of aryl methyl sites for hydroxylation is 6. The van der Waals surface area contributed by atoms with Crippen molar-refractivity contribution in [1.29, 1.82) is 0 Å². The van der Waals surface area contributed by atoms with Gasteiger partial charge in [0.1, 0.15) is 24.3 Å². The zero-order valence-electron chi connectivity index (χ0n) is 50.1. The molecule has 10 aromatic rings. The van der Waals surface area contributed by atoms with Gasteiger partial charge >= 0.3 is 0 Å². The second-order valence-corrected chi connectivity index (χ2v) is 21.0. The third-order valence-electron chi connectivity index (χ3n) is 13.8. The number of anilines is 6. The average Bonchev–Trinajstić information content (AvgIpc) is 3.25. The molecule has 12 rings (SSSR count). The molecule has 2 aromatic heterocycles. The molecule has 0 aliphatic carbocycles. The molecule has 0 bridgehead atoms. The molecule has 0 unspecified atom stereocenters. The number of hydrogen-bond acceptors (Lipinski definition) is 10. The number of hydrogen-bond donors (Lipinski definition) is 0. The fourth-order valence-electron chi connectivity index (χ4n) is 10.2. The minimum Gasteiger partial charge on any atom is -0.497 e. The summed E-state index contributed by atoms with van der Waals surface area (Å²) < 4.78 is 0. The first-order chi connectivity index (χ1) is 40.8. The molecule has 14 heteroatoms. The van der Waals surface area contributed by atoms with Gasteiger partial charge in [-0.2, -0.15) is 36.4 Å². The van der Waals surface area contributed by atoms with Crippen LogP contribution in [0.4, 0.5) is 57.1 Å². The van der Waals surface area contributed by atoms with Gasteiger partial charge < -0.3 is 40.2 Å². The van der Waals surface area contributed by atoms with Crippen LogP contribution in [0.25, 0.3) is 32.9 Å². The van der Waals surface area contributed by atoms with Gasteiger partial charge in [0.15, 0.2) is 0 Å². The molecule has 0 radical (unpaired) electrons. The second-order valence-electron chi connectivity index (χ2n) is 21.0. The van der Waals surface area contributed by atoms with Crippen molar-refractivity contribution in [2.45, 2.75) is 81.3 Å². The molecule has 444 valence electrons.